The van der Waals surface area contributed by atoms with Crippen LogP contribution in [0.1, 0.15) is 10.4 Å². The molecule has 3 nitrogen and oxygen atoms in total. The maximum absolute atomic E-state index is 12.3. The third kappa shape index (κ3) is 2.83. The van der Waals surface area contributed by atoms with E-state index in [0.717, 1.165) is 10.8 Å². The molecular weight excluding hydrogens is 286 g/mol. The Bertz CT molecular complexity index is 830. The maximum Gasteiger partial charge on any atom is 0.255 e. The van der Waals surface area contributed by atoms with Gasteiger partial charge in [-0.05, 0) is 35.7 Å². The van der Waals surface area contributed by atoms with Crippen molar-refractivity contribution in [3.05, 3.63) is 71.2 Å². The summed E-state index contributed by atoms with van der Waals surface area (Å²) in [7, 11) is 0. The van der Waals surface area contributed by atoms with Gasteiger partial charge in [0.2, 0.25) is 0 Å². The number of amides is 1. The molecule has 104 valence electrons. The number of aromatic hydroxyl groups is 1. The Morgan fingerprint density at radius 3 is 2.62 bits per heavy atom. The van der Waals surface area contributed by atoms with E-state index in [4.69, 9.17) is 11.6 Å². The maximum atomic E-state index is 12.3. The molecule has 21 heavy (non-hydrogen) atoms. The lowest BCUT2D eigenvalue weighted by Gasteiger charge is -2.08. The second-order valence-electron chi connectivity index (χ2n) is 4.68. The van der Waals surface area contributed by atoms with Crippen molar-refractivity contribution in [2.45, 2.75) is 0 Å². The number of rotatable bonds is 2. The summed E-state index contributed by atoms with van der Waals surface area (Å²) in [5, 5.41) is 14.8. The predicted octanol–water partition coefficient (Wildman–Crippen LogP) is 4.45. The molecule has 0 spiro atoms. The quantitative estimate of drug-likeness (QED) is 0.734. The van der Waals surface area contributed by atoms with E-state index in [2.05, 4.69) is 5.32 Å². The Hall–Kier alpha value is -2.52. The molecule has 0 aliphatic heterocycles. The van der Waals surface area contributed by atoms with Gasteiger partial charge in [-0.2, -0.15) is 0 Å². The molecule has 0 aliphatic rings. The van der Waals surface area contributed by atoms with Gasteiger partial charge in [0, 0.05) is 21.7 Å². The van der Waals surface area contributed by atoms with Gasteiger partial charge in [-0.1, -0.05) is 41.9 Å². The first-order valence-corrected chi connectivity index (χ1v) is 6.80. The van der Waals surface area contributed by atoms with Gasteiger partial charge in [0.1, 0.15) is 5.75 Å². The summed E-state index contributed by atoms with van der Waals surface area (Å²) in [5.41, 5.74) is 1.01. The summed E-state index contributed by atoms with van der Waals surface area (Å²) >= 11 is 5.89. The van der Waals surface area contributed by atoms with E-state index in [1.807, 2.05) is 24.3 Å². The van der Waals surface area contributed by atoms with Crippen LogP contribution in [0.4, 0.5) is 5.69 Å². The number of hydrogen-bond donors (Lipinski definition) is 2. The van der Waals surface area contributed by atoms with E-state index in [1.165, 1.54) is 6.07 Å². The van der Waals surface area contributed by atoms with Crippen molar-refractivity contribution in [2.75, 3.05) is 5.32 Å². The summed E-state index contributed by atoms with van der Waals surface area (Å²) in [5.74, 6) is -0.206. The minimum atomic E-state index is -0.293. The standard InChI is InChI=1S/C17H12ClNO2/c18-13-5-3-6-14(10-13)19-17(21)12-8-11-4-1-2-7-15(11)16(20)9-12/h1-10,20H,(H,19,21). The highest BCUT2D eigenvalue weighted by atomic mass is 35.5. The van der Waals surface area contributed by atoms with Crippen molar-refractivity contribution >= 4 is 34.0 Å². The van der Waals surface area contributed by atoms with E-state index in [-0.39, 0.29) is 11.7 Å². The molecule has 3 rings (SSSR count). The van der Waals surface area contributed by atoms with E-state index in [9.17, 15) is 9.90 Å². The topological polar surface area (TPSA) is 49.3 Å². The zero-order valence-electron chi connectivity index (χ0n) is 11.0. The summed E-state index contributed by atoms with van der Waals surface area (Å²) in [4.78, 5) is 12.3. The molecule has 4 heteroatoms. The first-order valence-electron chi connectivity index (χ1n) is 6.42. The normalized spacial score (nSPS) is 10.5. The van der Waals surface area contributed by atoms with Crippen LogP contribution in [0.15, 0.2) is 60.7 Å². The van der Waals surface area contributed by atoms with Crippen LogP contribution >= 0.6 is 11.6 Å². The Morgan fingerprint density at radius 2 is 1.81 bits per heavy atom. The third-order valence-electron chi connectivity index (χ3n) is 3.18. The summed E-state index contributed by atoms with van der Waals surface area (Å²) in [6, 6.07) is 17.5. The monoisotopic (exact) mass is 297 g/mol. The van der Waals surface area contributed by atoms with Gasteiger partial charge in [0.25, 0.3) is 5.91 Å². The molecule has 1 amide bonds. The van der Waals surface area contributed by atoms with Crippen LogP contribution in [0.25, 0.3) is 10.8 Å². The molecule has 0 unspecified atom stereocenters. The number of hydrogen-bond acceptors (Lipinski definition) is 2. The van der Waals surface area contributed by atoms with Crippen LogP contribution in [0.3, 0.4) is 0 Å². The van der Waals surface area contributed by atoms with Crippen molar-refractivity contribution in [1.82, 2.24) is 0 Å². The molecule has 0 bridgehead atoms. The Balaban J connectivity index is 1.94. The average Bonchev–Trinajstić information content (AvgIpc) is 2.47. The van der Waals surface area contributed by atoms with Crippen LogP contribution in [-0.4, -0.2) is 11.0 Å². The zero-order valence-corrected chi connectivity index (χ0v) is 11.8. The van der Waals surface area contributed by atoms with Gasteiger partial charge in [0.05, 0.1) is 0 Å². The van der Waals surface area contributed by atoms with Gasteiger partial charge in [-0.15, -0.1) is 0 Å². The predicted molar refractivity (Wildman–Crippen MR) is 85.0 cm³/mol. The van der Waals surface area contributed by atoms with E-state index in [0.29, 0.717) is 16.3 Å². The molecule has 0 aromatic heterocycles. The Morgan fingerprint density at radius 1 is 1.00 bits per heavy atom. The molecule has 0 heterocycles. The minimum absolute atomic E-state index is 0.0874. The van der Waals surface area contributed by atoms with Gasteiger partial charge in [0.15, 0.2) is 0 Å². The lowest BCUT2D eigenvalue weighted by molar-refractivity contribution is 0.102. The number of carbonyl (C=O) groups excluding carboxylic acids is 1. The molecule has 0 radical (unpaired) electrons. The fourth-order valence-electron chi connectivity index (χ4n) is 2.19. The first-order chi connectivity index (χ1) is 10.1. The fraction of sp³-hybridized carbons (Fsp3) is 0. The number of phenols is 1. The van der Waals surface area contributed by atoms with Gasteiger partial charge < -0.3 is 10.4 Å². The van der Waals surface area contributed by atoms with Crippen molar-refractivity contribution in [3.8, 4) is 5.75 Å². The van der Waals surface area contributed by atoms with Crippen LogP contribution in [0.5, 0.6) is 5.75 Å². The number of carbonyl (C=O) groups is 1. The Labute approximate surface area is 126 Å². The zero-order chi connectivity index (χ0) is 14.8. The van der Waals surface area contributed by atoms with Gasteiger partial charge in [-0.25, -0.2) is 0 Å². The van der Waals surface area contributed by atoms with Crippen molar-refractivity contribution in [1.29, 1.82) is 0 Å². The SMILES string of the molecule is O=C(Nc1cccc(Cl)c1)c1cc(O)c2ccccc2c1. The second-order valence-corrected chi connectivity index (χ2v) is 5.12. The molecule has 3 aromatic carbocycles. The largest absolute Gasteiger partial charge is 0.507 e. The van der Waals surface area contributed by atoms with E-state index < -0.39 is 0 Å². The number of phenolic OH excluding ortho intramolecular Hbond substituents is 1. The van der Waals surface area contributed by atoms with E-state index in [1.54, 1.807) is 30.3 Å². The lowest BCUT2D eigenvalue weighted by Crippen LogP contribution is -2.11. The lowest BCUT2D eigenvalue weighted by atomic mass is 10.1. The smallest absolute Gasteiger partial charge is 0.255 e. The van der Waals surface area contributed by atoms with Crippen LogP contribution in [-0.2, 0) is 0 Å². The van der Waals surface area contributed by atoms with Crippen molar-refractivity contribution in [2.24, 2.45) is 0 Å². The second kappa shape index (κ2) is 5.46. The van der Waals surface area contributed by atoms with Gasteiger partial charge in [-0.3, -0.25) is 4.79 Å². The average molecular weight is 298 g/mol. The first kappa shape index (κ1) is 13.5. The van der Waals surface area contributed by atoms with Gasteiger partial charge >= 0.3 is 0 Å². The highest BCUT2D eigenvalue weighted by molar-refractivity contribution is 6.31. The summed E-state index contributed by atoms with van der Waals surface area (Å²) in [6.07, 6.45) is 0. The number of benzene rings is 3. The molecule has 0 saturated carbocycles. The highest BCUT2D eigenvalue weighted by Gasteiger charge is 2.10. The molecule has 3 aromatic rings. The van der Waals surface area contributed by atoms with Crippen LogP contribution in [0.2, 0.25) is 5.02 Å². The number of fused-ring (bicyclic) bond motifs is 1. The minimum Gasteiger partial charge on any atom is -0.507 e. The van der Waals surface area contributed by atoms with E-state index >= 15 is 0 Å². The summed E-state index contributed by atoms with van der Waals surface area (Å²) in [6.45, 7) is 0. The summed E-state index contributed by atoms with van der Waals surface area (Å²) < 4.78 is 0. The molecular formula is C17H12ClNO2. The highest BCUT2D eigenvalue weighted by Crippen LogP contribution is 2.27. The molecule has 0 fully saturated rings. The van der Waals surface area contributed by atoms with Crippen molar-refractivity contribution < 1.29 is 9.90 Å². The number of nitrogens with one attached hydrogen (secondary N) is 1. The van der Waals surface area contributed by atoms with Crippen molar-refractivity contribution in [3.63, 3.8) is 0 Å². The fourth-order valence-corrected chi connectivity index (χ4v) is 2.38. The molecule has 0 aliphatic carbocycles. The molecule has 2 N–H and O–H groups in total. The molecule has 0 atom stereocenters. The van der Waals surface area contributed by atoms with Crippen LogP contribution in [0, 0.1) is 0 Å². The molecule has 0 saturated heterocycles. The Kier molecular flexibility index (Phi) is 3.50. The third-order valence-corrected chi connectivity index (χ3v) is 3.42. The van der Waals surface area contributed by atoms with Crippen LogP contribution < -0.4 is 5.32 Å². The number of anilines is 1. The number of halogens is 1.